The van der Waals surface area contributed by atoms with Gasteiger partial charge in [-0.15, -0.1) is 0 Å². The molecule has 0 radical (unpaired) electrons. The van der Waals surface area contributed by atoms with Gasteiger partial charge in [-0.1, -0.05) is 12.1 Å². The van der Waals surface area contributed by atoms with Gasteiger partial charge >= 0.3 is 0 Å². The summed E-state index contributed by atoms with van der Waals surface area (Å²) in [5.74, 6) is 0. The molecule has 0 aromatic heterocycles. The molecule has 2 fully saturated rings. The molecule has 0 aliphatic carbocycles. The van der Waals surface area contributed by atoms with Gasteiger partial charge in [-0.2, -0.15) is 0 Å². The highest BCUT2D eigenvalue weighted by atomic mass is 16.6. The molecule has 19 heavy (non-hydrogen) atoms. The first-order valence-corrected chi connectivity index (χ1v) is 7.18. The average Bonchev–Trinajstić information content (AvgIpc) is 2.58. The van der Waals surface area contributed by atoms with Crippen molar-refractivity contribution < 1.29 is 9.41 Å². The number of piperidine rings is 1. The van der Waals surface area contributed by atoms with Crippen molar-refractivity contribution in [3.05, 3.63) is 39.9 Å². The number of nitrogens with zero attached hydrogens (tertiary/aromatic N) is 2. The van der Waals surface area contributed by atoms with Crippen molar-refractivity contribution in [3.8, 4) is 0 Å². The third-order valence-corrected chi connectivity index (χ3v) is 5.28. The number of nitro benzene ring substituents is 1. The Kier molecular flexibility index (Phi) is 3.05. The van der Waals surface area contributed by atoms with Crippen LogP contribution in [0.5, 0.6) is 0 Å². The molecular weight excluding hydrogens is 240 g/mol. The van der Waals surface area contributed by atoms with E-state index < -0.39 is 0 Å². The zero-order valence-corrected chi connectivity index (χ0v) is 11.4. The highest BCUT2D eigenvalue weighted by Gasteiger charge is 2.48. The standard InChI is InChI=1S/C15H21N2O2/c1-17(13-6-4-7-14(17)10-9-13)11-12-5-2-3-8-15(12)16(18)19/h2-3,5,8,13-14H,4,6-7,9-11H2,1H3/q+1. The molecule has 0 saturated carbocycles. The summed E-state index contributed by atoms with van der Waals surface area (Å²) in [6.45, 7) is 0.812. The number of nitro groups is 1. The Bertz CT molecular complexity index is 485. The van der Waals surface area contributed by atoms with Crippen LogP contribution in [0.15, 0.2) is 24.3 Å². The lowest BCUT2D eigenvalue weighted by atomic mass is 9.98. The molecule has 1 aromatic rings. The SMILES string of the molecule is C[N+]1(Cc2ccccc2[N+](=O)[O-])C2CCCC1CC2. The lowest BCUT2D eigenvalue weighted by molar-refractivity contribution is -0.960. The molecule has 2 heterocycles. The van der Waals surface area contributed by atoms with E-state index in [2.05, 4.69) is 7.05 Å². The molecule has 2 bridgehead atoms. The van der Waals surface area contributed by atoms with Crippen LogP contribution in [0.4, 0.5) is 5.69 Å². The van der Waals surface area contributed by atoms with E-state index in [0.29, 0.717) is 12.1 Å². The maximum Gasteiger partial charge on any atom is 0.278 e. The molecule has 2 atom stereocenters. The zero-order chi connectivity index (χ0) is 13.5. The van der Waals surface area contributed by atoms with Crippen molar-refractivity contribution in [1.29, 1.82) is 0 Å². The Morgan fingerprint density at radius 3 is 2.47 bits per heavy atom. The van der Waals surface area contributed by atoms with Crippen molar-refractivity contribution in [1.82, 2.24) is 0 Å². The van der Waals surface area contributed by atoms with Crippen molar-refractivity contribution in [3.63, 3.8) is 0 Å². The van der Waals surface area contributed by atoms with Gasteiger partial charge in [0.1, 0.15) is 6.54 Å². The van der Waals surface area contributed by atoms with Crippen LogP contribution < -0.4 is 0 Å². The van der Waals surface area contributed by atoms with E-state index >= 15 is 0 Å². The van der Waals surface area contributed by atoms with Gasteiger partial charge in [-0.3, -0.25) is 10.1 Å². The maximum absolute atomic E-state index is 11.1. The topological polar surface area (TPSA) is 43.1 Å². The van der Waals surface area contributed by atoms with Gasteiger partial charge in [0, 0.05) is 18.9 Å². The van der Waals surface area contributed by atoms with E-state index in [1.807, 2.05) is 12.1 Å². The Morgan fingerprint density at radius 2 is 1.84 bits per heavy atom. The first kappa shape index (κ1) is 12.6. The van der Waals surface area contributed by atoms with Gasteiger partial charge < -0.3 is 4.48 Å². The summed E-state index contributed by atoms with van der Waals surface area (Å²) in [4.78, 5) is 10.9. The van der Waals surface area contributed by atoms with Crippen LogP contribution in [-0.2, 0) is 6.54 Å². The quantitative estimate of drug-likeness (QED) is 0.476. The Morgan fingerprint density at radius 1 is 1.21 bits per heavy atom. The second-order valence-corrected chi connectivity index (χ2v) is 6.21. The molecule has 2 unspecified atom stereocenters. The van der Waals surface area contributed by atoms with E-state index in [9.17, 15) is 10.1 Å². The lowest BCUT2D eigenvalue weighted by Crippen LogP contribution is -2.55. The summed E-state index contributed by atoms with van der Waals surface area (Å²) in [5, 5.41) is 11.1. The number of benzene rings is 1. The fourth-order valence-corrected chi connectivity index (χ4v) is 4.19. The number of fused-ring (bicyclic) bond motifs is 2. The number of para-hydroxylation sites is 1. The molecule has 4 nitrogen and oxygen atoms in total. The maximum atomic E-state index is 11.1. The molecule has 1 aromatic carbocycles. The van der Waals surface area contributed by atoms with E-state index in [1.54, 1.807) is 12.1 Å². The highest BCUT2D eigenvalue weighted by Crippen LogP contribution is 2.43. The largest absolute Gasteiger partial charge is 0.317 e. The van der Waals surface area contributed by atoms with Crippen molar-refractivity contribution in [2.45, 2.75) is 50.7 Å². The monoisotopic (exact) mass is 261 g/mol. The number of hydrogen-bond acceptors (Lipinski definition) is 2. The summed E-state index contributed by atoms with van der Waals surface area (Å²) < 4.78 is 1.02. The fraction of sp³-hybridized carbons (Fsp3) is 0.600. The lowest BCUT2D eigenvalue weighted by Gasteiger charge is -2.44. The molecule has 2 saturated heterocycles. The van der Waals surface area contributed by atoms with Crippen LogP contribution in [0, 0.1) is 10.1 Å². The second-order valence-electron chi connectivity index (χ2n) is 6.21. The van der Waals surface area contributed by atoms with Crippen LogP contribution in [0.3, 0.4) is 0 Å². The van der Waals surface area contributed by atoms with Crippen molar-refractivity contribution in [2.24, 2.45) is 0 Å². The summed E-state index contributed by atoms with van der Waals surface area (Å²) in [6, 6.07) is 8.65. The molecule has 0 N–H and O–H groups in total. The Hall–Kier alpha value is -1.42. The van der Waals surface area contributed by atoms with Gasteiger partial charge in [-0.25, -0.2) is 0 Å². The smallest absolute Gasteiger partial charge is 0.278 e. The fourth-order valence-electron chi connectivity index (χ4n) is 4.19. The molecule has 4 heteroatoms. The minimum absolute atomic E-state index is 0.243. The summed E-state index contributed by atoms with van der Waals surface area (Å²) in [5.41, 5.74) is 1.18. The second kappa shape index (κ2) is 4.60. The van der Waals surface area contributed by atoms with Crippen molar-refractivity contribution in [2.75, 3.05) is 7.05 Å². The summed E-state index contributed by atoms with van der Waals surface area (Å²) >= 11 is 0. The van der Waals surface area contributed by atoms with Crippen LogP contribution in [0.25, 0.3) is 0 Å². The van der Waals surface area contributed by atoms with E-state index in [-0.39, 0.29) is 10.6 Å². The van der Waals surface area contributed by atoms with Gasteiger partial charge in [-0.05, 0) is 25.3 Å². The van der Waals surface area contributed by atoms with Crippen LogP contribution in [-0.4, -0.2) is 28.5 Å². The molecule has 2 aliphatic rings. The summed E-state index contributed by atoms with van der Waals surface area (Å²) in [6.07, 6.45) is 6.49. The van der Waals surface area contributed by atoms with Gasteiger partial charge in [0.25, 0.3) is 5.69 Å². The van der Waals surface area contributed by atoms with Gasteiger partial charge in [0.05, 0.1) is 29.6 Å². The molecule has 3 rings (SSSR count). The molecular formula is C15H21N2O2+. The van der Waals surface area contributed by atoms with Crippen molar-refractivity contribution >= 4 is 5.69 Å². The first-order chi connectivity index (χ1) is 9.11. The Labute approximate surface area is 113 Å². The van der Waals surface area contributed by atoms with Crippen LogP contribution in [0.2, 0.25) is 0 Å². The molecule has 0 spiro atoms. The highest BCUT2D eigenvalue weighted by molar-refractivity contribution is 5.39. The minimum atomic E-state index is -0.243. The number of quaternary nitrogens is 1. The molecule has 2 aliphatic heterocycles. The minimum Gasteiger partial charge on any atom is -0.317 e. The van der Waals surface area contributed by atoms with Crippen LogP contribution in [0.1, 0.15) is 37.7 Å². The third kappa shape index (κ3) is 2.04. The summed E-state index contributed by atoms with van der Waals surface area (Å²) in [7, 11) is 2.30. The van der Waals surface area contributed by atoms with Gasteiger partial charge in [0.15, 0.2) is 0 Å². The number of hydrogen-bond donors (Lipinski definition) is 0. The van der Waals surface area contributed by atoms with Gasteiger partial charge in [0.2, 0.25) is 0 Å². The van der Waals surface area contributed by atoms with E-state index in [1.165, 1.54) is 32.1 Å². The third-order valence-electron chi connectivity index (χ3n) is 5.28. The normalized spacial score (nSPS) is 33.3. The first-order valence-electron chi connectivity index (χ1n) is 7.18. The molecule has 102 valence electrons. The number of rotatable bonds is 3. The predicted octanol–water partition coefficient (Wildman–Crippen LogP) is 3.26. The molecule has 0 amide bonds. The average molecular weight is 261 g/mol. The van der Waals surface area contributed by atoms with Crippen LogP contribution >= 0.6 is 0 Å². The van der Waals surface area contributed by atoms with E-state index in [4.69, 9.17) is 0 Å². The zero-order valence-electron chi connectivity index (χ0n) is 11.4. The predicted molar refractivity (Wildman–Crippen MR) is 73.6 cm³/mol. The Balaban J connectivity index is 1.91. The van der Waals surface area contributed by atoms with E-state index in [0.717, 1.165) is 16.6 Å².